The van der Waals surface area contributed by atoms with E-state index in [9.17, 15) is 4.79 Å². The zero-order valence-electron chi connectivity index (χ0n) is 6.39. The Balaban J connectivity index is 2.60. The molecule has 1 saturated carbocycles. The van der Waals surface area contributed by atoms with Crippen LogP contribution in [0.3, 0.4) is 0 Å². The van der Waals surface area contributed by atoms with Gasteiger partial charge in [-0.15, -0.1) is 0 Å². The maximum Gasteiger partial charge on any atom is 0.313 e. The maximum absolute atomic E-state index is 11.0. The van der Waals surface area contributed by atoms with Crippen molar-refractivity contribution in [3.63, 3.8) is 0 Å². The summed E-state index contributed by atoms with van der Waals surface area (Å²) in [5.74, 6) is -0.150. The molecule has 2 atom stereocenters. The molecular formula is C7H13NO2. The fourth-order valence-electron chi connectivity index (χ4n) is 1.32. The van der Waals surface area contributed by atoms with Crippen LogP contribution in [0.4, 0.5) is 0 Å². The molecule has 1 aliphatic carbocycles. The molecule has 0 amide bonds. The molecule has 0 heterocycles. The molecule has 0 aromatic heterocycles. The van der Waals surface area contributed by atoms with E-state index in [2.05, 4.69) is 4.74 Å². The number of rotatable bonds is 2. The number of esters is 1. The summed E-state index contributed by atoms with van der Waals surface area (Å²) in [5.41, 5.74) is 5.26. The number of hydrogen-bond donors (Lipinski definition) is 1. The zero-order chi connectivity index (χ0) is 7.78. The second kappa shape index (κ2) is 2.23. The van der Waals surface area contributed by atoms with Crippen LogP contribution in [-0.2, 0) is 9.53 Å². The van der Waals surface area contributed by atoms with E-state index >= 15 is 0 Å². The average molecular weight is 143 g/mol. The molecule has 0 aromatic rings. The van der Waals surface area contributed by atoms with Gasteiger partial charge >= 0.3 is 5.97 Å². The number of nitrogens with two attached hydrogens (primary N) is 1. The second-order valence-electron chi connectivity index (χ2n) is 2.81. The SMILES string of the molecule is CCC1(C(=O)OC)CC1N. The van der Waals surface area contributed by atoms with Crippen LogP contribution < -0.4 is 5.73 Å². The molecule has 3 nitrogen and oxygen atoms in total. The van der Waals surface area contributed by atoms with Crippen molar-refractivity contribution in [1.29, 1.82) is 0 Å². The van der Waals surface area contributed by atoms with Gasteiger partial charge in [-0.25, -0.2) is 0 Å². The van der Waals surface area contributed by atoms with E-state index in [1.165, 1.54) is 7.11 Å². The van der Waals surface area contributed by atoms with Gasteiger partial charge in [0.05, 0.1) is 12.5 Å². The Labute approximate surface area is 60.5 Å². The van der Waals surface area contributed by atoms with Gasteiger partial charge in [-0.1, -0.05) is 6.92 Å². The first-order valence-corrected chi connectivity index (χ1v) is 3.51. The third-order valence-electron chi connectivity index (χ3n) is 2.36. The summed E-state index contributed by atoms with van der Waals surface area (Å²) in [6.45, 7) is 1.96. The molecule has 0 spiro atoms. The quantitative estimate of drug-likeness (QED) is 0.565. The van der Waals surface area contributed by atoms with Gasteiger partial charge < -0.3 is 10.5 Å². The average Bonchev–Trinajstić information content (AvgIpc) is 2.61. The molecule has 1 fully saturated rings. The van der Waals surface area contributed by atoms with E-state index in [0.717, 1.165) is 12.8 Å². The highest BCUT2D eigenvalue weighted by Gasteiger charge is 2.57. The van der Waals surface area contributed by atoms with Crippen LogP contribution in [0, 0.1) is 5.41 Å². The van der Waals surface area contributed by atoms with Crippen molar-refractivity contribution in [1.82, 2.24) is 0 Å². The van der Waals surface area contributed by atoms with Gasteiger partial charge in [0.15, 0.2) is 0 Å². The van der Waals surface area contributed by atoms with Crippen molar-refractivity contribution in [2.75, 3.05) is 7.11 Å². The lowest BCUT2D eigenvalue weighted by Gasteiger charge is -2.09. The molecule has 2 unspecified atom stereocenters. The Morgan fingerprint density at radius 1 is 1.90 bits per heavy atom. The first-order chi connectivity index (χ1) is 4.67. The molecule has 0 saturated heterocycles. The molecule has 2 N–H and O–H groups in total. The van der Waals surface area contributed by atoms with Gasteiger partial charge in [0.1, 0.15) is 0 Å². The van der Waals surface area contributed by atoms with Gasteiger partial charge in [-0.05, 0) is 12.8 Å². The smallest absolute Gasteiger partial charge is 0.313 e. The minimum absolute atomic E-state index is 0.0324. The Kier molecular flexibility index (Phi) is 1.68. The number of methoxy groups -OCH3 is 1. The lowest BCUT2D eigenvalue weighted by Crippen LogP contribution is -2.24. The lowest BCUT2D eigenvalue weighted by molar-refractivity contribution is -0.147. The van der Waals surface area contributed by atoms with E-state index in [0.29, 0.717) is 0 Å². The summed E-state index contributed by atoms with van der Waals surface area (Å²) in [6.07, 6.45) is 1.58. The zero-order valence-corrected chi connectivity index (χ0v) is 6.39. The van der Waals surface area contributed by atoms with Crippen LogP contribution in [0.15, 0.2) is 0 Å². The van der Waals surface area contributed by atoms with Crippen molar-refractivity contribution in [2.24, 2.45) is 11.1 Å². The molecule has 0 aliphatic heterocycles. The molecule has 3 heteroatoms. The van der Waals surface area contributed by atoms with Crippen LogP contribution in [0.25, 0.3) is 0 Å². The highest BCUT2D eigenvalue weighted by Crippen LogP contribution is 2.48. The van der Waals surface area contributed by atoms with Gasteiger partial charge in [0.25, 0.3) is 0 Å². The summed E-state index contributed by atoms with van der Waals surface area (Å²) in [6, 6.07) is 0.0324. The topological polar surface area (TPSA) is 52.3 Å². The van der Waals surface area contributed by atoms with Crippen molar-refractivity contribution >= 4 is 5.97 Å². The van der Waals surface area contributed by atoms with Crippen molar-refractivity contribution in [2.45, 2.75) is 25.8 Å². The molecule has 10 heavy (non-hydrogen) atoms. The summed E-state index contributed by atoms with van der Waals surface area (Å²) in [4.78, 5) is 11.0. The van der Waals surface area contributed by atoms with E-state index in [1.54, 1.807) is 0 Å². The van der Waals surface area contributed by atoms with Gasteiger partial charge in [-0.2, -0.15) is 0 Å². The van der Waals surface area contributed by atoms with Crippen molar-refractivity contribution in [3.05, 3.63) is 0 Å². The van der Waals surface area contributed by atoms with E-state index in [-0.39, 0.29) is 17.4 Å². The summed E-state index contributed by atoms with van der Waals surface area (Å²) >= 11 is 0. The predicted molar refractivity (Wildman–Crippen MR) is 37.3 cm³/mol. The van der Waals surface area contributed by atoms with Crippen LogP contribution in [0.5, 0.6) is 0 Å². The van der Waals surface area contributed by atoms with Crippen LogP contribution in [0.1, 0.15) is 19.8 Å². The standard InChI is InChI=1S/C7H13NO2/c1-3-7(4-5(7)8)6(9)10-2/h5H,3-4,8H2,1-2H3. The Morgan fingerprint density at radius 3 is 2.50 bits per heavy atom. The number of carbonyl (C=O) groups excluding carboxylic acids is 1. The highest BCUT2D eigenvalue weighted by atomic mass is 16.5. The van der Waals surface area contributed by atoms with Crippen LogP contribution in [0.2, 0.25) is 0 Å². The largest absolute Gasteiger partial charge is 0.469 e. The minimum atomic E-state index is -0.325. The molecule has 0 bridgehead atoms. The lowest BCUT2D eigenvalue weighted by atomic mass is 10.0. The highest BCUT2D eigenvalue weighted by molar-refractivity contribution is 5.81. The molecule has 0 aromatic carbocycles. The molecular weight excluding hydrogens is 130 g/mol. The van der Waals surface area contributed by atoms with Gasteiger partial charge in [0.2, 0.25) is 0 Å². The summed E-state index contributed by atoms with van der Waals surface area (Å²) < 4.78 is 4.62. The van der Waals surface area contributed by atoms with Crippen molar-refractivity contribution in [3.8, 4) is 0 Å². The Bertz CT molecular complexity index is 154. The Morgan fingerprint density at radius 2 is 2.40 bits per heavy atom. The monoisotopic (exact) mass is 143 g/mol. The fraction of sp³-hybridized carbons (Fsp3) is 0.857. The number of ether oxygens (including phenoxy) is 1. The predicted octanol–water partition coefficient (Wildman–Crippen LogP) is 0.287. The van der Waals surface area contributed by atoms with E-state index < -0.39 is 0 Å². The van der Waals surface area contributed by atoms with E-state index in [4.69, 9.17) is 5.73 Å². The Hall–Kier alpha value is -0.570. The molecule has 1 aliphatic rings. The van der Waals surface area contributed by atoms with Gasteiger partial charge in [-0.3, -0.25) is 4.79 Å². The first-order valence-electron chi connectivity index (χ1n) is 3.51. The second-order valence-corrected chi connectivity index (χ2v) is 2.81. The van der Waals surface area contributed by atoms with Crippen molar-refractivity contribution < 1.29 is 9.53 Å². The van der Waals surface area contributed by atoms with Gasteiger partial charge in [0, 0.05) is 6.04 Å². The molecule has 0 radical (unpaired) electrons. The maximum atomic E-state index is 11.0. The first kappa shape index (κ1) is 7.54. The normalized spacial score (nSPS) is 37.3. The third kappa shape index (κ3) is 0.814. The number of carbonyl (C=O) groups is 1. The molecule has 58 valence electrons. The minimum Gasteiger partial charge on any atom is -0.469 e. The van der Waals surface area contributed by atoms with Crippen LogP contribution >= 0.6 is 0 Å². The molecule has 1 rings (SSSR count). The summed E-state index contributed by atoms with van der Waals surface area (Å²) in [7, 11) is 1.41. The number of hydrogen-bond acceptors (Lipinski definition) is 3. The van der Waals surface area contributed by atoms with Crippen LogP contribution in [-0.4, -0.2) is 19.1 Å². The van der Waals surface area contributed by atoms with E-state index in [1.807, 2.05) is 6.92 Å². The summed E-state index contributed by atoms with van der Waals surface area (Å²) in [5, 5.41) is 0. The third-order valence-corrected chi connectivity index (χ3v) is 2.36. The fourth-order valence-corrected chi connectivity index (χ4v) is 1.32.